The van der Waals surface area contributed by atoms with Gasteiger partial charge in [-0.2, -0.15) is 4.31 Å². The third kappa shape index (κ3) is 3.39. The van der Waals surface area contributed by atoms with E-state index in [0.717, 1.165) is 37.9 Å². The lowest BCUT2D eigenvalue weighted by Gasteiger charge is -2.33. The first kappa shape index (κ1) is 16.7. The van der Waals surface area contributed by atoms with Gasteiger partial charge >= 0.3 is 0 Å². The number of ether oxygens (including phenoxy) is 2. The van der Waals surface area contributed by atoms with Gasteiger partial charge in [-0.1, -0.05) is 6.07 Å². The highest BCUT2D eigenvalue weighted by molar-refractivity contribution is 7.89. The van der Waals surface area contributed by atoms with E-state index in [1.54, 1.807) is 16.4 Å². The van der Waals surface area contributed by atoms with E-state index in [-0.39, 0.29) is 4.90 Å². The molecule has 2 aliphatic heterocycles. The van der Waals surface area contributed by atoms with Crippen LogP contribution in [-0.2, 0) is 14.8 Å². The molecule has 1 aromatic rings. The van der Waals surface area contributed by atoms with Gasteiger partial charge in [0, 0.05) is 19.7 Å². The van der Waals surface area contributed by atoms with Gasteiger partial charge in [0.25, 0.3) is 0 Å². The van der Waals surface area contributed by atoms with E-state index in [1.165, 1.54) is 7.11 Å². The van der Waals surface area contributed by atoms with E-state index in [1.807, 2.05) is 13.0 Å². The maximum absolute atomic E-state index is 13.0. The fourth-order valence-corrected chi connectivity index (χ4v) is 5.30. The second-order valence-electron chi connectivity index (χ2n) is 6.45. The predicted molar refractivity (Wildman–Crippen MR) is 88.2 cm³/mol. The Kier molecular flexibility index (Phi) is 4.94. The lowest BCUT2D eigenvalue weighted by molar-refractivity contribution is 0.0424. The minimum absolute atomic E-state index is 0.274. The monoisotopic (exact) mass is 339 g/mol. The first-order valence-electron chi connectivity index (χ1n) is 8.29. The van der Waals surface area contributed by atoms with Crippen LogP contribution in [0.15, 0.2) is 23.1 Å². The highest BCUT2D eigenvalue weighted by atomic mass is 32.2. The molecule has 3 rings (SSSR count). The molecule has 6 heteroatoms. The van der Waals surface area contributed by atoms with Gasteiger partial charge in [-0.05, 0) is 56.2 Å². The Morgan fingerprint density at radius 1 is 1.22 bits per heavy atom. The molecule has 2 heterocycles. The van der Waals surface area contributed by atoms with Crippen molar-refractivity contribution < 1.29 is 17.9 Å². The minimum Gasteiger partial charge on any atom is -0.495 e. The number of methoxy groups -OCH3 is 1. The van der Waals surface area contributed by atoms with Crippen molar-refractivity contribution in [2.24, 2.45) is 5.92 Å². The zero-order chi connectivity index (χ0) is 16.4. The molecule has 0 aromatic heterocycles. The Labute approximate surface area is 138 Å². The molecular weight excluding hydrogens is 314 g/mol. The van der Waals surface area contributed by atoms with Crippen molar-refractivity contribution in [3.05, 3.63) is 23.8 Å². The normalized spacial score (nSPS) is 24.0. The zero-order valence-electron chi connectivity index (χ0n) is 13.8. The maximum Gasteiger partial charge on any atom is 0.246 e. The van der Waals surface area contributed by atoms with E-state index in [4.69, 9.17) is 9.47 Å². The Balaban J connectivity index is 1.75. The Hall–Kier alpha value is -1.11. The van der Waals surface area contributed by atoms with E-state index in [2.05, 4.69) is 0 Å². The van der Waals surface area contributed by atoms with Crippen LogP contribution in [0.4, 0.5) is 0 Å². The molecule has 1 aromatic carbocycles. The maximum atomic E-state index is 13.0. The third-order valence-corrected chi connectivity index (χ3v) is 6.85. The largest absolute Gasteiger partial charge is 0.495 e. The van der Waals surface area contributed by atoms with Crippen molar-refractivity contribution in [3.63, 3.8) is 0 Å². The molecule has 2 saturated heterocycles. The molecule has 0 bridgehead atoms. The molecule has 0 saturated carbocycles. The molecule has 0 aliphatic carbocycles. The average molecular weight is 339 g/mol. The highest BCUT2D eigenvalue weighted by Gasteiger charge is 2.35. The molecule has 0 radical (unpaired) electrons. The number of rotatable bonds is 4. The minimum atomic E-state index is -3.51. The fraction of sp³-hybridized carbons (Fsp3) is 0.647. The summed E-state index contributed by atoms with van der Waals surface area (Å²) >= 11 is 0. The van der Waals surface area contributed by atoms with E-state index in [9.17, 15) is 8.42 Å². The van der Waals surface area contributed by atoms with Crippen molar-refractivity contribution in [1.82, 2.24) is 4.31 Å². The Morgan fingerprint density at radius 3 is 2.57 bits per heavy atom. The number of sulfonamides is 1. The van der Waals surface area contributed by atoms with Crippen LogP contribution in [0.2, 0.25) is 0 Å². The van der Waals surface area contributed by atoms with Gasteiger partial charge in [0.1, 0.15) is 10.6 Å². The van der Waals surface area contributed by atoms with Gasteiger partial charge in [0.15, 0.2) is 0 Å². The molecule has 5 nitrogen and oxygen atoms in total. The smallest absolute Gasteiger partial charge is 0.246 e. The second-order valence-corrected chi connectivity index (χ2v) is 8.35. The quantitative estimate of drug-likeness (QED) is 0.846. The van der Waals surface area contributed by atoms with Crippen molar-refractivity contribution in [1.29, 1.82) is 0 Å². The van der Waals surface area contributed by atoms with Crippen molar-refractivity contribution in [2.75, 3.05) is 26.8 Å². The van der Waals surface area contributed by atoms with Crippen molar-refractivity contribution >= 4 is 10.0 Å². The lowest BCUT2D eigenvalue weighted by atomic mass is 9.91. The molecule has 0 amide bonds. The van der Waals surface area contributed by atoms with Crippen LogP contribution in [0.25, 0.3) is 0 Å². The summed E-state index contributed by atoms with van der Waals surface area (Å²) in [6.07, 6.45) is 4.32. The molecule has 1 atom stereocenters. The first-order chi connectivity index (χ1) is 11.0. The molecular formula is C17H25NO4S. The number of hydrogen-bond acceptors (Lipinski definition) is 4. The fourth-order valence-electron chi connectivity index (χ4n) is 3.59. The Morgan fingerprint density at radius 2 is 1.96 bits per heavy atom. The van der Waals surface area contributed by atoms with Crippen LogP contribution in [0.5, 0.6) is 5.75 Å². The standard InChI is InChI=1S/C17H25NO4S/c1-13-5-6-16(21-2)17(12-13)23(19,20)18-9-7-14(8-10-18)15-4-3-11-22-15/h5-6,12,14-15H,3-4,7-11H2,1-2H3. The summed E-state index contributed by atoms with van der Waals surface area (Å²) in [5.41, 5.74) is 0.915. The van der Waals surface area contributed by atoms with Gasteiger partial charge < -0.3 is 9.47 Å². The van der Waals surface area contributed by atoms with E-state index >= 15 is 0 Å². The predicted octanol–water partition coefficient (Wildman–Crippen LogP) is 2.58. The van der Waals surface area contributed by atoms with E-state index < -0.39 is 10.0 Å². The van der Waals surface area contributed by atoms with Gasteiger partial charge in [0.2, 0.25) is 10.0 Å². The zero-order valence-corrected chi connectivity index (χ0v) is 14.6. The molecule has 0 N–H and O–H groups in total. The van der Waals surface area contributed by atoms with Gasteiger partial charge in [0.05, 0.1) is 13.2 Å². The van der Waals surface area contributed by atoms with Gasteiger partial charge in [-0.15, -0.1) is 0 Å². The van der Waals surface area contributed by atoms with Crippen LogP contribution in [0.1, 0.15) is 31.2 Å². The molecule has 1 unspecified atom stereocenters. The third-order valence-electron chi connectivity index (χ3n) is 4.93. The summed E-state index contributed by atoms with van der Waals surface area (Å²) in [7, 11) is -2.00. The molecule has 0 spiro atoms. The molecule has 128 valence electrons. The van der Waals surface area contributed by atoms with Crippen LogP contribution in [-0.4, -0.2) is 45.6 Å². The van der Waals surface area contributed by atoms with Crippen molar-refractivity contribution in [3.8, 4) is 5.75 Å². The molecule has 2 aliphatic rings. The van der Waals surface area contributed by atoms with Gasteiger partial charge in [-0.25, -0.2) is 8.42 Å². The Bertz CT molecular complexity index is 645. The van der Waals surface area contributed by atoms with Crippen LogP contribution in [0, 0.1) is 12.8 Å². The summed E-state index contributed by atoms with van der Waals surface area (Å²) in [4.78, 5) is 0.274. The summed E-state index contributed by atoms with van der Waals surface area (Å²) in [5, 5.41) is 0. The molecule has 2 fully saturated rings. The number of aryl methyl sites for hydroxylation is 1. The van der Waals surface area contributed by atoms with Crippen molar-refractivity contribution in [2.45, 2.75) is 43.6 Å². The highest BCUT2D eigenvalue weighted by Crippen LogP contribution is 2.33. The number of piperidine rings is 1. The van der Waals surface area contributed by atoms with Crippen LogP contribution < -0.4 is 4.74 Å². The van der Waals surface area contributed by atoms with Crippen LogP contribution >= 0.6 is 0 Å². The summed E-state index contributed by atoms with van der Waals surface area (Å²) in [6, 6.07) is 5.28. The molecule has 23 heavy (non-hydrogen) atoms. The van der Waals surface area contributed by atoms with Crippen LogP contribution in [0.3, 0.4) is 0 Å². The number of benzene rings is 1. The summed E-state index contributed by atoms with van der Waals surface area (Å²) in [6.45, 7) is 3.86. The lowest BCUT2D eigenvalue weighted by Crippen LogP contribution is -2.41. The average Bonchev–Trinajstić information content (AvgIpc) is 3.09. The number of hydrogen-bond donors (Lipinski definition) is 0. The topological polar surface area (TPSA) is 55.8 Å². The summed E-state index contributed by atoms with van der Waals surface area (Å²) < 4.78 is 38.5. The summed E-state index contributed by atoms with van der Waals surface area (Å²) in [5.74, 6) is 0.903. The SMILES string of the molecule is COc1ccc(C)cc1S(=O)(=O)N1CCC(C2CCCO2)CC1. The van der Waals surface area contributed by atoms with E-state index in [0.29, 0.717) is 30.9 Å². The first-order valence-corrected chi connectivity index (χ1v) is 9.73. The van der Waals surface area contributed by atoms with Gasteiger partial charge in [-0.3, -0.25) is 0 Å². The number of nitrogens with zero attached hydrogens (tertiary/aromatic N) is 1. The second kappa shape index (κ2) is 6.79.